The summed E-state index contributed by atoms with van der Waals surface area (Å²) in [5, 5.41) is 21.8. The molecule has 0 spiro atoms. The van der Waals surface area contributed by atoms with Crippen molar-refractivity contribution in [2.45, 2.75) is 45.4 Å². The summed E-state index contributed by atoms with van der Waals surface area (Å²) >= 11 is 1.65. The number of benzene rings is 2. The first-order chi connectivity index (χ1) is 16.9. The first-order valence-corrected chi connectivity index (χ1v) is 12.8. The van der Waals surface area contributed by atoms with Crippen molar-refractivity contribution in [1.82, 2.24) is 4.90 Å². The minimum absolute atomic E-state index is 0.0765. The van der Waals surface area contributed by atoms with Gasteiger partial charge in [-0.2, -0.15) is 0 Å². The van der Waals surface area contributed by atoms with Gasteiger partial charge in [-0.25, -0.2) is 4.79 Å². The molecule has 0 radical (unpaired) electrons. The van der Waals surface area contributed by atoms with E-state index in [9.17, 15) is 15.0 Å². The lowest BCUT2D eigenvalue weighted by Crippen LogP contribution is -2.40. The van der Waals surface area contributed by atoms with Gasteiger partial charge in [0.15, 0.2) is 0 Å². The van der Waals surface area contributed by atoms with Crippen molar-refractivity contribution in [3.05, 3.63) is 99.8 Å². The Morgan fingerprint density at radius 2 is 1.49 bits per heavy atom. The largest absolute Gasteiger partial charge is 0.463 e. The molecular formula is C29H35NO4S. The number of carbonyl (C=O) groups is 1. The van der Waals surface area contributed by atoms with Crippen molar-refractivity contribution >= 4 is 22.9 Å². The van der Waals surface area contributed by atoms with Gasteiger partial charge in [-0.15, -0.1) is 11.3 Å². The number of rotatable bonds is 12. The van der Waals surface area contributed by atoms with Gasteiger partial charge in [-0.05, 0) is 56.0 Å². The minimum Gasteiger partial charge on any atom is -0.463 e. The third-order valence-electron chi connectivity index (χ3n) is 5.97. The maximum Gasteiger partial charge on any atom is 0.331 e. The van der Waals surface area contributed by atoms with Gasteiger partial charge < -0.3 is 14.9 Å². The molecule has 2 aromatic carbocycles. The highest BCUT2D eigenvalue weighted by molar-refractivity contribution is 7.13. The molecule has 186 valence electrons. The van der Waals surface area contributed by atoms with E-state index >= 15 is 0 Å². The van der Waals surface area contributed by atoms with Crippen molar-refractivity contribution in [3.63, 3.8) is 0 Å². The number of allylic oxidation sites excluding steroid dienone is 1. The van der Waals surface area contributed by atoms with E-state index in [1.807, 2.05) is 73.7 Å². The molecule has 6 heteroatoms. The van der Waals surface area contributed by atoms with Gasteiger partial charge in [0.25, 0.3) is 0 Å². The van der Waals surface area contributed by atoms with E-state index in [0.29, 0.717) is 19.7 Å². The quantitative estimate of drug-likeness (QED) is 0.261. The normalized spacial score (nSPS) is 14.5. The van der Waals surface area contributed by atoms with Crippen LogP contribution in [0, 0.1) is 0 Å². The maximum absolute atomic E-state index is 11.8. The second kappa shape index (κ2) is 13.4. The van der Waals surface area contributed by atoms with Gasteiger partial charge in [-0.3, -0.25) is 4.90 Å². The van der Waals surface area contributed by atoms with Crippen LogP contribution in [0.25, 0.3) is 5.57 Å². The molecule has 0 saturated heterocycles. The second-order valence-electron chi connectivity index (χ2n) is 8.71. The number of thiophene rings is 1. The standard InChI is InChI=1S/C29H35NO4S/c1-4-34-29(33)17-21(2)28-16-15-25(35-28)18-22(3)30(19-26(31)23-11-7-5-8-12-23)20-27(32)24-13-9-6-10-14-24/h5-17,22,26-27,31-32H,4,18-20H2,1-3H3/b21-17+/t22-,26-,27-/m0/s1. The Morgan fingerprint density at radius 3 is 2.00 bits per heavy atom. The van der Waals surface area contributed by atoms with E-state index in [0.717, 1.165) is 28.0 Å². The predicted octanol–water partition coefficient (Wildman–Crippen LogP) is 5.41. The Balaban J connectivity index is 1.74. The maximum atomic E-state index is 11.8. The molecular weight excluding hydrogens is 458 g/mol. The van der Waals surface area contributed by atoms with E-state index in [1.54, 1.807) is 18.3 Å². The zero-order valence-corrected chi connectivity index (χ0v) is 21.4. The summed E-state index contributed by atoms with van der Waals surface area (Å²) in [6.45, 7) is 7.01. The van der Waals surface area contributed by atoms with Crippen LogP contribution < -0.4 is 0 Å². The zero-order chi connectivity index (χ0) is 25.2. The van der Waals surface area contributed by atoms with Crippen molar-refractivity contribution in [2.75, 3.05) is 19.7 Å². The summed E-state index contributed by atoms with van der Waals surface area (Å²) in [5.74, 6) is -0.329. The Bertz CT molecular complexity index is 1030. The van der Waals surface area contributed by atoms with Crippen LogP contribution in [0.1, 0.15) is 53.9 Å². The topological polar surface area (TPSA) is 70.0 Å². The molecule has 0 amide bonds. The highest BCUT2D eigenvalue weighted by Crippen LogP contribution is 2.27. The average Bonchev–Trinajstić information content (AvgIpc) is 3.33. The lowest BCUT2D eigenvalue weighted by Gasteiger charge is -2.32. The molecule has 3 aromatic rings. The van der Waals surface area contributed by atoms with E-state index in [4.69, 9.17) is 4.74 Å². The van der Waals surface area contributed by atoms with Gasteiger partial charge in [0.1, 0.15) is 0 Å². The molecule has 3 rings (SSSR count). The lowest BCUT2D eigenvalue weighted by molar-refractivity contribution is -0.137. The lowest BCUT2D eigenvalue weighted by atomic mass is 10.0. The Labute approximate surface area is 212 Å². The van der Waals surface area contributed by atoms with Gasteiger partial charge in [-0.1, -0.05) is 60.7 Å². The van der Waals surface area contributed by atoms with Crippen molar-refractivity contribution in [1.29, 1.82) is 0 Å². The van der Waals surface area contributed by atoms with Crippen LogP contribution >= 0.6 is 11.3 Å². The van der Waals surface area contributed by atoms with E-state index in [1.165, 1.54) is 11.0 Å². The van der Waals surface area contributed by atoms with Gasteiger partial charge in [0.05, 0.1) is 18.8 Å². The molecule has 1 heterocycles. The molecule has 0 aliphatic rings. The molecule has 0 aliphatic heterocycles. The van der Waals surface area contributed by atoms with Crippen LogP contribution in [-0.2, 0) is 16.0 Å². The van der Waals surface area contributed by atoms with Gasteiger partial charge >= 0.3 is 5.97 Å². The average molecular weight is 494 g/mol. The van der Waals surface area contributed by atoms with E-state index in [-0.39, 0.29) is 12.0 Å². The SMILES string of the molecule is CCOC(=O)/C=C(\C)c1ccc(C[C@H](C)N(C[C@H](O)c2ccccc2)C[C@H](O)c2ccccc2)s1. The molecule has 35 heavy (non-hydrogen) atoms. The Hall–Kier alpha value is -2.77. The molecule has 1 aromatic heterocycles. The number of esters is 1. The number of carbonyl (C=O) groups excluding carboxylic acids is 1. The summed E-state index contributed by atoms with van der Waals surface area (Å²) < 4.78 is 5.02. The highest BCUT2D eigenvalue weighted by atomic mass is 32.1. The van der Waals surface area contributed by atoms with Crippen LogP contribution in [0.15, 0.2) is 78.9 Å². The molecule has 0 aliphatic carbocycles. The molecule has 0 fully saturated rings. The smallest absolute Gasteiger partial charge is 0.331 e. The minimum atomic E-state index is -0.657. The van der Waals surface area contributed by atoms with Crippen LogP contribution in [0.5, 0.6) is 0 Å². The molecule has 3 atom stereocenters. The van der Waals surface area contributed by atoms with Gasteiger partial charge in [0, 0.05) is 35.0 Å². The summed E-state index contributed by atoms with van der Waals surface area (Å²) in [7, 11) is 0. The number of nitrogens with zero attached hydrogens (tertiary/aromatic N) is 1. The number of hydrogen-bond donors (Lipinski definition) is 2. The van der Waals surface area contributed by atoms with Crippen LogP contribution in [-0.4, -0.2) is 46.8 Å². The summed E-state index contributed by atoms with van der Waals surface area (Å²) in [6.07, 6.45) is 0.979. The molecule has 2 N–H and O–H groups in total. The zero-order valence-electron chi connectivity index (χ0n) is 20.6. The fourth-order valence-electron chi connectivity index (χ4n) is 3.99. The second-order valence-corrected chi connectivity index (χ2v) is 9.87. The van der Waals surface area contributed by atoms with Crippen molar-refractivity contribution in [3.8, 4) is 0 Å². The van der Waals surface area contributed by atoms with Crippen LogP contribution in [0.2, 0.25) is 0 Å². The Morgan fingerprint density at radius 1 is 0.943 bits per heavy atom. The molecule has 5 nitrogen and oxygen atoms in total. The van der Waals surface area contributed by atoms with E-state index < -0.39 is 12.2 Å². The molecule has 0 saturated carbocycles. The van der Waals surface area contributed by atoms with Crippen LogP contribution in [0.4, 0.5) is 0 Å². The summed E-state index contributed by atoms with van der Waals surface area (Å²) in [5.41, 5.74) is 2.59. The fourth-order valence-corrected chi connectivity index (χ4v) is 5.09. The Kier molecular flexibility index (Phi) is 10.2. The molecule has 0 bridgehead atoms. The highest BCUT2D eigenvalue weighted by Gasteiger charge is 2.23. The number of aliphatic hydroxyl groups is 2. The van der Waals surface area contributed by atoms with Crippen LogP contribution in [0.3, 0.4) is 0 Å². The molecule has 0 unspecified atom stereocenters. The van der Waals surface area contributed by atoms with Crippen molar-refractivity contribution < 1.29 is 19.7 Å². The monoisotopic (exact) mass is 493 g/mol. The number of hydrogen-bond acceptors (Lipinski definition) is 6. The summed E-state index contributed by atoms with van der Waals surface area (Å²) in [6, 6.07) is 23.4. The number of ether oxygens (including phenoxy) is 1. The van der Waals surface area contributed by atoms with Gasteiger partial charge in [0.2, 0.25) is 0 Å². The predicted molar refractivity (Wildman–Crippen MR) is 142 cm³/mol. The third kappa shape index (κ3) is 8.15. The number of aliphatic hydroxyl groups excluding tert-OH is 2. The third-order valence-corrected chi connectivity index (χ3v) is 7.22. The van der Waals surface area contributed by atoms with E-state index in [2.05, 4.69) is 17.9 Å². The van der Waals surface area contributed by atoms with Crippen molar-refractivity contribution in [2.24, 2.45) is 0 Å². The summed E-state index contributed by atoms with van der Waals surface area (Å²) in [4.78, 5) is 16.1. The first kappa shape index (κ1) is 26.8. The fraction of sp³-hybridized carbons (Fsp3) is 0.345. The first-order valence-electron chi connectivity index (χ1n) is 12.0.